The minimum Gasteiger partial charge on any atom is -0.376 e. The highest BCUT2D eigenvalue weighted by molar-refractivity contribution is 6.32. The van der Waals surface area contributed by atoms with Crippen LogP contribution in [0.2, 0.25) is 5.02 Å². The summed E-state index contributed by atoms with van der Waals surface area (Å²) in [5.74, 6) is 1.14. The molecule has 0 radical (unpaired) electrons. The second-order valence-electron chi connectivity index (χ2n) is 4.90. The summed E-state index contributed by atoms with van der Waals surface area (Å²) in [6.45, 7) is 1.55. The van der Waals surface area contributed by atoms with Gasteiger partial charge in [0.05, 0.1) is 12.3 Å². The fraction of sp³-hybridized carbons (Fsp3) is 0.333. The Kier molecular flexibility index (Phi) is 4.52. The highest BCUT2D eigenvalue weighted by Crippen LogP contribution is 2.22. The molecule has 0 bridgehead atoms. The second-order valence-corrected chi connectivity index (χ2v) is 5.30. The number of nitrogens with zero attached hydrogens (tertiary/aromatic N) is 2. The van der Waals surface area contributed by atoms with Crippen molar-refractivity contribution < 1.29 is 4.74 Å². The van der Waals surface area contributed by atoms with Gasteiger partial charge in [-0.25, -0.2) is 4.98 Å². The standard InChI is InChI=1S/C15H17ClN4O/c16-13-10-18-15(19-11-5-2-1-3-6-11)20-14(13)17-9-12-7-4-8-21-12/h1-3,5-6,10,12H,4,7-9H2,(H2,17,18,19,20)/t12-/m1/s1. The molecular formula is C15H17ClN4O. The van der Waals surface area contributed by atoms with Crippen molar-refractivity contribution in [2.24, 2.45) is 0 Å². The lowest BCUT2D eigenvalue weighted by atomic mass is 10.2. The van der Waals surface area contributed by atoms with E-state index in [2.05, 4.69) is 20.6 Å². The molecule has 0 spiro atoms. The van der Waals surface area contributed by atoms with Crippen molar-refractivity contribution in [1.82, 2.24) is 9.97 Å². The monoisotopic (exact) mass is 304 g/mol. The molecule has 3 rings (SSSR count). The molecule has 0 aliphatic carbocycles. The van der Waals surface area contributed by atoms with E-state index >= 15 is 0 Å². The molecule has 0 saturated carbocycles. The molecule has 5 nitrogen and oxygen atoms in total. The van der Waals surface area contributed by atoms with Crippen LogP contribution >= 0.6 is 11.6 Å². The maximum absolute atomic E-state index is 6.13. The molecule has 2 N–H and O–H groups in total. The van der Waals surface area contributed by atoms with E-state index in [0.717, 1.165) is 25.1 Å². The third-order valence-corrected chi connectivity index (χ3v) is 3.57. The third-order valence-electron chi connectivity index (χ3n) is 3.30. The van der Waals surface area contributed by atoms with Gasteiger partial charge in [-0.1, -0.05) is 29.8 Å². The van der Waals surface area contributed by atoms with Gasteiger partial charge in [-0.2, -0.15) is 4.98 Å². The third kappa shape index (κ3) is 3.83. The van der Waals surface area contributed by atoms with Gasteiger partial charge >= 0.3 is 0 Å². The van der Waals surface area contributed by atoms with Gasteiger partial charge in [-0.3, -0.25) is 0 Å². The van der Waals surface area contributed by atoms with Crippen LogP contribution in [0.3, 0.4) is 0 Å². The first-order valence-corrected chi connectivity index (χ1v) is 7.39. The molecule has 6 heteroatoms. The highest BCUT2D eigenvalue weighted by atomic mass is 35.5. The predicted molar refractivity (Wildman–Crippen MR) is 84.2 cm³/mol. The van der Waals surface area contributed by atoms with Crippen molar-refractivity contribution in [1.29, 1.82) is 0 Å². The molecule has 1 aliphatic rings. The number of hydrogen-bond acceptors (Lipinski definition) is 5. The van der Waals surface area contributed by atoms with Crippen LogP contribution < -0.4 is 10.6 Å². The zero-order valence-electron chi connectivity index (χ0n) is 11.6. The summed E-state index contributed by atoms with van der Waals surface area (Å²) in [4.78, 5) is 8.60. The Balaban J connectivity index is 1.67. The summed E-state index contributed by atoms with van der Waals surface area (Å²) < 4.78 is 5.58. The molecule has 2 aromatic rings. The van der Waals surface area contributed by atoms with Gasteiger partial charge < -0.3 is 15.4 Å². The van der Waals surface area contributed by atoms with Crippen LogP contribution in [0.15, 0.2) is 36.5 Å². The number of aromatic nitrogens is 2. The van der Waals surface area contributed by atoms with Crippen LogP contribution in [0.25, 0.3) is 0 Å². The van der Waals surface area contributed by atoms with Crippen LogP contribution in [0.1, 0.15) is 12.8 Å². The van der Waals surface area contributed by atoms with Gasteiger partial charge in [0.1, 0.15) is 5.02 Å². The lowest BCUT2D eigenvalue weighted by Crippen LogP contribution is -2.19. The summed E-state index contributed by atoms with van der Waals surface area (Å²) in [6.07, 6.45) is 4.02. The highest BCUT2D eigenvalue weighted by Gasteiger charge is 2.16. The Morgan fingerprint density at radius 2 is 2.14 bits per heavy atom. The molecule has 1 saturated heterocycles. The normalized spacial score (nSPS) is 17.7. The molecule has 110 valence electrons. The van der Waals surface area contributed by atoms with Gasteiger partial charge in [-0.05, 0) is 25.0 Å². The Hall–Kier alpha value is -1.85. The van der Waals surface area contributed by atoms with Crippen molar-refractivity contribution in [2.45, 2.75) is 18.9 Å². The minimum absolute atomic E-state index is 0.238. The Morgan fingerprint density at radius 3 is 2.90 bits per heavy atom. The maximum Gasteiger partial charge on any atom is 0.229 e. The van der Waals surface area contributed by atoms with E-state index in [0.29, 0.717) is 23.3 Å². The zero-order chi connectivity index (χ0) is 14.5. The Labute approximate surface area is 128 Å². The molecule has 1 aliphatic heterocycles. The summed E-state index contributed by atoms with van der Waals surface area (Å²) in [6, 6.07) is 9.78. The maximum atomic E-state index is 6.13. The van der Waals surface area contributed by atoms with Crippen molar-refractivity contribution in [3.05, 3.63) is 41.6 Å². The van der Waals surface area contributed by atoms with Gasteiger partial charge in [-0.15, -0.1) is 0 Å². The molecule has 0 unspecified atom stereocenters. The topological polar surface area (TPSA) is 59.1 Å². The zero-order valence-corrected chi connectivity index (χ0v) is 12.3. The van der Waals surface area contributed by atoms with E-state index in [1.165, 1.54) is 0 Å². The number of halogens is 1. The predicted octanol–water partition coefficient (Wildman–Crippen LogP) is 3.46. The molecule has 2 heterocycles. The van der Waals surface area contributed by atoms with E-state index in [1.54, 1.807) is 6.20 Å². The van der Waals surface area contributed by atoms with E-state index in [9.17, 15) is 0 Å². The first kappa shape index (κ1) is 14.1. The Bertz CT molecular complexity index is 587. The second kappa shape index (κ2) is 6.74. The summed E-state index contributed by atoms with van der Waals surface area (Å²) in [5.41, 5.74) is 0.935. The van der Waals surface area contributed by atoms with E-state index in [1.807, 2.05) is 30.3 Å². The number of para-hydroxylation sites is 1. The molecule has 21 heavy (non-hydrogen) atoms. The first-order chi connectivity index (χ1) is 10.3. The van der Waals surface area contributed by atoms with Crippen LogP contribution in [-0.2, 0) is 4.74 Å². The van der Waals surface area contributed by atoms with E-state index < -0.39 is 0 Å². The van der Waals surface area contributed by atoms with Crippen molar-refractivity contribution in [3.8, 4) is 0 Å². The largest absolute Gasteiger partial charge is 0.376 e. The SMILES string of the molecule is Clc1cnc(Nc2ccccc2)nc1NC[C@H]1CCCO1. The quantitative estimate of drug-likeness (QED) is 0.886. The number of ether oxygens (including phenoxy) is 1. The fourth-order valence-electron chi connectivity index (χ4n) is 2.22. The number of anilines is 3. The Morgan fingerprint density at radius 1 is 1.29 bits per heavy atom. The van der Waals surface area contributed by atoms with Gasteiger partial charge in [0.2, 0.25) is 5.95 Å². The van der Waals surface area contributed by atoms with Crippen LogP contribution in [0, 0.1) is 0 Å². The van der Waals surface area contributed by atoms with Crippen molar-refractivity contribution in [3.63, 3.8) is 0 Å². The summed E-state index contributed by atoms with van der Waals surface area (Å²) in [7, 11) is 0. The van der Waals surface area contributed by atoms with E-state index in [4.69, 9.17) is 16.3 Å². The average Bonchev–Trinajstić information content (AvgIpc) is 3.02. The molecule has 1 atom stereocenters. The van der Waals surface area contributed by atoms with Crippen LogP contribution in [0.4, 0.5) is 17.5 Å². The smallest absolute Gasteiger partial charge is 0.229 e. The van der Waals surface area contributed by atoms with Gasteiger partial charge in [0, 0.05) is 18.8 Å². The van der Waals surface area contributed by atoms with Gasteiger partial charge in [0.25, 0.3) is 0 Å². The number of nitrogens with one attached hydrogen (secondary N) is 2. The molecule has 1 aromatic heterocycles. The summed E-state index contributed by atoms with van der Waals surface area (Å²) in [5, 5.41) is 6.89. The summed E-state index contributed by atoms with van der Waals surface area (Å²) >= 11 is 6.13. The molecular weight excluding hydrogens is 288 g/mol. The molecule has 0 amide bonds. The number of rotatable bonds is 5. The van der Waals surface area contributed by atoms with Crippen molar-refractivity contribution >= 4 is 29.1 Å². The first-order valence-electron chi connectivity index (χ1n) is 7.01. The number of hydrogen-bond donors (Lipinski definition) is 2. The lowest BCUT2D eigenvalue weighted by molar-refractivity contribution is 0.120. The minimum atomic E-state index is 0.238. The number of benzene rings is 1. The van der Waals surface area contributed by atoms with Crippen molar-refractivity contribution in [2.75, 3.05) is 23.8 Å². The molecule has 1 fully saturated rings. The van der Waals surface area contributed by atoms with E-state index in [-0.39, 0.29) is 6.10 Å². The average molecular weight is 305 g/mol. The van der Waals surface area contributed by atoms with Crippen LogP contribution in [0.5, 0.6) is 0 Å². The lowest BCUT2D eigenvalue weighted by Gasteiger charge is -2.13. The fourth-order valence-corrected chi connectivity index (χ4v) is 2.38. The van der Waals surface area contributed by atoms with Gasteiger partial charge in [0.15, 0.2) is 5.82 Å². The molecule has 1 aromatic carbocycles. The van der Waals surface area contributed by atoms with Crippen LogP contribution in [-0.4, -0.2) is 29.2 Å².